The Bertz CT molecular complexity index is 770. The Hall–Kier alpha value is -2.63. The molecule has 27 heavy (non-hydrogen) atoms. The summed E-state index contributed by atoms with van der Waals surface area (Å²) in [6, 6.07) is 12.3. The van der Waals surface area contributed by atoms with Gasteiger partial charge >= 0.3 is 0 Å². The van der Waals surface area contributed by atoms with Crippen LogP contribution < -0.4 is 5.32 Å². The van der Waals surface area contributed by atoms with Gasteiger partial charge in [0, 0.05) is 26.4 Å². The number of fused-ring (bicyclic) bond motifs is 1. The monoisotopic (exact) mass is 368 g/mol. The zero-order valence-electron chi connectivity index (χ0n) is 16.0. The number of unbranched alkanes of at least 4 members (excludes halogenated alkanes) is 1. The minimum absolute atomic E-state index is 0.0663. The maximum atomic E-state index is 12.1. The molecule has 1 aromatic carbocycles. The molecule has 2 aromatic rings. The summed E-state index contributed by atoms with van der Waals surface area (Å²) in [5.41, 5.74) is 3.21. The van der Waals surface area contributed by atoms with Gasteiger partial charge in [-0.15, -0.1) is 0 Å². The van der Waals surface area contributed by atoms with Crippen LogP contribution in [0.15, 0.2) is 36.4 Å². The highest BCUT2D eigenvalue weighted by Gasteiger charge is 2.18. The van der Waals surface area contributed by atoms with Gasteiger partial charge in [-0.3, -0.25) is 14.3 Å². The molecular weight excluding hydrogens is 340 g/mol. The molecule has 1 aliphatic heterocycles. The van der Waals surface area contributed by atoms with Gasteiger partial charge in [0.15, 0.2) is 0 Å². The molecule has 2 heterocycles. The predicted molar refractivity (Wildman–Crippen MR) is 104 cm³/mol. The maximum absolute atomic E-state index is 12.1. The molecule has 0 radical (unpaired) electrons. The zero-order valence-corrected chi connectivity index (χ0v) is 16.0. The van der Waals surface area contributed by atoms with Gasteiger partial charge in [0.25, 0.3) is 0 Å². The van der Waals surface area contributed by atoms with Gasteiger partial charge in [-0.2, -0.15) is 5.10 Å². The molecule has 3 rings (SSSR count). The van der Waals surface area contributed by atoms with Crippen LogP contribution in [0.3, 0.4) is 0 Å². The molecule has 0 atom stereocenters. The molecule has 0 unspecified atom stereocenters. The number of amides is 2. The Morgan fingerprint density at radius 1 is 1.15 bits per heavy atom. The SMILES string of the molecule is CC(=O)N1CCCn2nc(CNC(=O)CCCCc3ccccc3)cc2C1. The lowest BCUT2D eigenvalue weighted by atomic mass is 10.1. The molecule has 0 aliphatic carbocycles. The van der Waals surface area contributed by atoms with Gasteiger partial charge in [-0.25, -0.2) is 0 Å². The number of hydrogen-bond donors (Lipinski definition) is 1. The number of benzene rings is 1. The maximum Gasteiger partial charge on any atom is 0.220 e. The van der Waals surface area contributed by atoms with Gasteiger partial charge < -0.3 is 10.2 Å². The average Bonchev–Trinajstić information content (AvgIpc) is 2.94. The van der Waals surface area contributed by atoms with E-state index in [9.17, 15) is 9.59 Å². The van der Waals surface area contributed by atoms with Crippen LogP contribution in [0.1, 0.15) is 49.6 Å². The summed E-state index contributed by atoms with van der Waals surface area (Å²) in [4.78, 5) is 25.5. The van der Waals surface area contributed by atoms with Crippen LogP contribution in [0, 0.1) is 0 Å². The van der Waals surface area contributed by atoms with Crippen molar-refractivity contribution in [3.8, 4) is 0 Å². The molecule has 6 nitrogen and oxygen atoms in total. The average molecular weight is 368 g/mol. The fourth-order valence-electron chi connectivity index (χ4n) is 3.41. The van der Waals surface area contributed by atoms with E-state index in [-0.39, 0.29) is 11.8 Å². The van der Waals surface area contributed by atoms with Crippen LogP contribution in [0.4, 0.5) is 0 Å². The van der Waals surface area contributed by atoms with E-state index in [0.29, 0.717) is 19.5 Å². The first kappa shape index (κ1) is 19.1. The first-order valence-corrected chi connectivity index (χ1v) is 9.73. The second-order valence-corrected chi connectivity index (χ2v) is 7.11. The number of aryl methyl sites for hydroxylation is 2. The van der Waals surface area contributed by atoms with E-state index < -0.39 is 0 Å². The van der Waals surface area contributed by atoms with Crippen LogP contribution in [-0.4, -0.2) is 33.0 Å². The fraction of sp³-hybridized carbons (Fsp3) is 0.476. The highest BCUT2D eigenvalue weighted by Crippen LogP contribution is 2.14. The van der Waals surface area contributed by atoms with Gasteiger partial charge in [0.1, 0.15) is 0 Å². The van der Waals surface area contributed by atoms with Gasteiger partial charge in [0.05, 0.1) is 24.5 Å². The highest BCUT2D eigenvalue weighted by molar-refractivity contribution is 5.75. The number of carbonyl (C=O) groups excluding carboxylic acids is 2. The lowest BCUT2D eigenvalue weighted by Crippen LogP contribution is -2.28. The van der Waals surface area contributed by atoms with Gasteiger partial charge in [-0.1, -0.05) is 30.3 Å². The van der Waals surface area contributed by atoms with Crippen molar-refractivity contribution in [1.82, 2.24) is 20.0 Å². The minimum Gasteiger partial charge on any atom is -0.350 e. The molecule has 0 saturated heterocycles. The molecule has 0 saturated carbocycles. The first-order valence-electron chi connectivity index (χ1n) is 9.73. The predicted octanol–water partition coefficient (Wildman–Crippen LogP) is 2.66. The summed E-state index contributed by atoms with van der Waals surface area (Å²) in [5.74, 6) is 0.159. The van der Waals surface area contributed by atoms with Crippen LogP contribution in [0.2, 0.25) is 0 Å². The standard InChI is InChI=1S/C21H28N4O2/c1-17(26)24-12-7-13-25-20(16-24)14-19(23-25)15-22-21(27)11-6-5-10-18-8-3-2-4-9-18/h2-4,8-9,14H,5-7,10-13,15-16H2,1H3,(H,22,27). The highest BCUT2D eigenvalue weighted by atomic mass is 16.2. The Labute approximate surface area is 160 Å². The summed E-state index contributed by atoms with van der Waals surface area (Å²) in [6.45, 7) is 4.22. The third-order valence-corrected chi connectivity index (χ3v) is 4.94. The van der Waals surface area contributed by atoms with Crippen molar-refractivity contribution in [3.05, 3.63) is 53.3 Å². The van der Waals surface area contributed by atoms with E-state index >= 15 is 0 Å². The number of aromatic nitrogens is 2. The van der Waals surface area contributed by atoms with Crippen LogP contribution in [0.25, 0.3) is 0 Å². The summed E-state index contributed by atoms with van der Waals surface area (Å²) < 4.78 is 1.96. The first-order chi connectivity index (χ1) is 13.1. The zero-order chi connectivity index (χ0) is 19.1. The lowest BCUT2D eigenvalue weighted by molar-refractivity contribution is -0.129. The molecule has 1 N–H and O–H groups in total. The Morgan fingerprint density at radius 3 is 2.74 bits per heavy atom. The second-order valence-electron chi connectivity index (χ2n) is 7.11. The van der Waals surface area contributed by atoms with Crippen molar-refractivity contribution < 1.29 is 9.59 Å². The molecule has 1 aromatic heterocycles. The van der Waals surface area contributed by atoms with E-state index in [4.69, 9.17) is 0 Å². The smallest absolute Gasteiger partial charge is 0.220 e. The van der Waals surface area contributed by atoms with Gasteiger partial charge in [0.2, 0.25) is 11.8 Å². The van der Waals surface area contributed by atoms with Crippen LogP contribution >= 0.6 is 0 Å². The normalized spacial score (nSPS) is 13.7. The quantitative estimate of drug-likeness (QED) is 0.764. The molecule has 1 aliphatic rings. The Kier molecular flexibility index (Phi) is 6.63. The molecule has 6 heteroatoms. The van der Waals surface area contributed by atoms with E-state index in [1.54, 1.807) is 6.92 Å². The van der Waals surface area contributed by atoms with Crippen molar-refractivity contribution in [3.63, 3.8) is 0 Å². The van der Waals surface area contributed by atoms with Crippen molar-refractivity contribution >= 4 is 11.8 Å². The Balaban J connectivity index is 1.40. The largest absolute Gasteiger partial charge is 0.350 e. The van der Waals surface area contributed by atoms with Crippen molar-refractivity contribution in [2.24, 2.45) is 0 Å². The second kappa shape index (κ2) is 9.35. The van der Waals surface area contributed by atoms with E-state index in [0.717, 1.165) is 50.2 Å². The number of nitrogens with one attached hydrogen (secondary N) is 1. The van der Waals surface area contributed by atoms with E-state index in [2.05, 4.69) is 22.5 Å². The summed E-state index contributed by atoms with van der Waals surface area (Å²) >= 11 is 0. The van der Waals surface area contributed by atoms with E-state index in [1.807, 2.05) is 33.8 Å². The summed E-state index contributed by atoms with van der Waals surface area (Å²) in [6.07, 6.45) is 4.35. The Morgan fingerprint density at radius 2 is 1.96 bits per heavy atom. The summed E-state index contributed by atoms with van der Waals surface area (Å²) in [7, 11) is 0. The third kappa shape index (κ3) is 5.67. The van der Waals surface area contributed by atoms with Crippen molar-refractivity contribution in [1.29, 1.82) is 0 Å². The summed E-state index contributed by atoms with van der Waals surface area (Å²) in [5, 5.41) is 7.54. The number of nitrogens with zero attached hydrogens (tertiary/aromatic N) is 3. The van der Waals surface area contributed by atoms with Crippen molar-refractivity contribution in [2.45, 2.75) is 58.7 Å². The number of rotatable bonds is 7. The molecule has 0 bridgehead atoms. The molecule has 0 spiro atoms. The minimum atomic E-state index is 0.0663. The third-order valence-electron chi connectivity index (χ3n) is 4.94. The topological polar surface area (TPSA) is 67.2 Å². The van der Waals surface area contributed by atoms with Crippen molar-refractivity contribution in [2.75, 3.05) is 6.54 Å². The van der Waals surface area contributed by atoms with Crippen LogP contribution in [-0.2, 0) is 35.6 Å². The van der Waals surface area contributed by atoms with Gasteiger partial charge in [-0.05, 0) is 37.3 Å². The van der Waals surface area contributed by atoms with Crippen LogP contribution in [0.5, 0.6) is 0 Å². The molecule has 2 amide bonds. The fourth-order valence-corrected chi connectivity index (χ4v) is 3.41. The molecular formula is C21H28N4O2. The number of hydrogen-bond acceptors (Lipinski definition) is 3. The van der Waals surface area contributed by atoms with E-state index in [1.165, 1.54) is 5.56 Å². The molecule has 0 fully saturated rings. The molecule has 144 valence electrons. The number of carbonyl (C=O) groups is 2. The lowest BCUT2D eigenvalue weighted by Gasteiger charge is -2.17.